The van der Waals surface area contributed by atoms with Crippen LogP contribution in [0, 0.1) is 11.2 Å². The first-order valence-corrected chi connectivity index (χ1v) is 8.56. The first-order chi connectivity index (χ1) is 9.45. The summed E-state index contributed by atoms with van der Waals surface area (Å²) >= 11 is 0. The van der Waals surface area contributed by atoms with Crippen LogP contribution in [0.25, 0.3) is 0 Å². The third-order valence-corrected chi connectivity index (χ3v) is 6.06. The molecule has 3 atom stereocenters. The number of halogens is 1. The molecular weight excluding hydrogens is 273 g/mol. The topological polar surface area (TPSA) is 29.1 Å². The molecule has 1 aliphatic carbocycles. The second kappa shape index (κ2) is 6.35. The van der Waals surface area contributed by atoms with Gasteiger partial charge in [0.1, 0.15) is 5.82 Å². The van der Waals surface area contributed by atoms with Gasteiger partial charge in [-0.15, -0.1) is 0 Å². The minimum absolute atomic E-state index is 0.101. The third kappa shape index (κ3) is 3.29. The molecule has 4 heteroatoms. The van der Waals surface area contributed by atoms with Crippen LogP contribution in [0.1, 0.15) is 40.0 Å². The fourth-order valence-corrected chi connectivity index (χ4v) is 5.03. The number of rotatable bonds is 4. The zero-order valence-electron chi connectivity index (χ0n) is 12.5. The highest BCUT2D eigenvalue weighted by atomic mass is 32.2. The molecule has 0 radical (unpaired) electrons. The summed E-state index contributed by atoms with van der Waals surface area (Å²) in [4.78, 5) is 0.733. The van der Waals surface area contributed by atoms with Gasteiger partial charge in [0.05, 0.1) is 16.0 Å². The molecule has 1 aromatic rings. The van der Waals surface area contributed by atoms with Crippen molar-refractivity contribution in [3.8, 4) is 0 Å². The Hall–Kier alpha value is -0.740. The van der Waals surface area contributed by atoms with Crippen molar-refractivity contribution < 1.29 is 8.60 Å². The van der Waals surface area contributed by atoms with E-state index in [2.05, 4.69) is 26.1 Å². The van der Waals surface area contributed by atoms with E-state index in [1.54, 1.807) is 12.1 Å². The first kappa shape index (κ1) is 15.6. The molecule has 0 aliphatic heterocycles. The van der Waals surface area contributed by atoms with Crippen molar-refractivity contribution in [1.29, 1.82) is 0 Å². The van der Waals surface area contributed by atoms with E-state index >= 15 is 0 Å². The zero-order valence-corrected chi connectivity index (χ0v) is 13.3. The average molecular weight is 297 g/mol. The van der Waals surface area contributed by atoms with Gasteiger partial charge in [-0.3, -0.25) is 4.21 Å². The summed E-state index contributed by atoms with van der Waals surface area (Å²) < 4.78 is 25.8. The van der Waals surface area contributed by atoms with Crippen LogP contribution in [-0.2, 0) is 10.8 Å². The number of hydrogen-bond donors (Lipinski definition) is 1. The molecule has 0 saturated heterocycles. The summed E-state index contributed by atoms with van der Waals surface area (Å²) in [5.41, 5.74) is 0.147. The van der Waals surface area contributed by atoms with Crippen LogP contribution in [0.15, 0.2) is 29.2 Å². The van der Waals surface area contributed by atoms with E-state index < -0.39 is 10.8 Å². The van der Waals surface area contributed by atoms with E-state index in [1.807, 2.05) is 0 Å². The van der Waals surface area contributed by atoms with Crippen LogP contribution in [0.2, 0.25) is 0 Å². The number of benzene rings is 1. The van der Waals surface area contributed by atoms with Gasteiger partial charge in [0.15, 0.2) is 0 Å². The van der Waals surface area contributed by atoms with Crippen LogP contribution in [0.5, 0.6) is 0 Å². The van der Waals surface area contributed by atoms with E-state index in [9.17, 15) is 8.60 Å². The molecule has 2 nitrogen and oxygen atoms in total. The maximum absolute atomic E-state index is 13.0. The largest absolute Gasteiger partial charge is 0.313 e. The summed E-state index contributed by atoms with van der Waals surface area (Å²) in [6, 6.07) is 6.33. The number of nitrogens with one attached hydrogen (secondary N) is 1. The summed E-state index contributed by atoms with van der Waals surface area (Å²) in [6.45, 7) is 7.45. The van der Waals surface area contributed by atoms with E-state index in [1.165, 1.54) is 12.1 Å². The second-order valence-corrected chi connectivity index (χ2v) is 7.88. The Bertz CT molecular complexity index is 472. The molecule has 1 fully saturated rings. The van der Waals surface area contributed by atoms with E-state index in [0.29, 0.717) is 0 Å². The molecule has 20 heavy (non-hydrogen) atoms. The third-order valence-electron chi connectivity index (χ3n) is 4.27. The summed E-state index contributed by atoms with van der Waals surface area (Å²) in [5, 5.41) is 3.62. The molecule has 0 heterocycles. The highest BCUT2D eigenvalue weighted by Gasteiger charge is 2.41. The van der Waals surface area contributed by atoms with Gasteiger partial charge in [-0.1, -0.05) is 27.2 Å². The number of hydrogen-bond acceptors (Lipinski definition) is 2. The molecule has 1 N–H and O–H groups in total. The molecule has 0 aromatic heterocycles. The minimum atomic E-state index is -1.09. The van der Waals surface area contributed by atoms with Crippen LogP contribution >= 0.6 is 0 Å². The molecule has 112 valence electrons. The van der Waals surface area contributed by atoms with Crippen LogP contribution in [-0.4, -0.2) is 22.0 Å². The predicted molar refractivity (Wildman–Crippen MR) is 81.7 cm³/mol. The van der Waals surface area contributed by atoms with Gasteiger partial charge in [0, 0.05) is 10.9 Å². The molecule has 3 unspecified atom stereocenters. The Morgan fingerprint density at radius 1 is 1.35 bits per heavy atom. The smallest absolute Gasteiger partial charge is 0.123 e. The lowest BCUT2D eigenvalue weighted by Gasteiger charge is -2.44. The Morgan fingerprint density at radius 3 is 2.60 bits per heavy atom. The zero-order chi connectivity index (χ0) is 14.8. The maximum atomic E-state index is 13.0. The molecule has 0 bridgehead atoms. The van der Waals surface area contributed by atoms with Gasteiger partial charge in [0.2, 0.25) is 0 Å². The lowest BCUT2D eigenvalue weighted by molar-refractivity contribution is 0.174. The van der Waals surface area contributed by atoms with Gasteiger partial charge >= 0.3 is 0 Å². The standard InChI is InChI=1S/C16H24FNOS/c1-4-18-15-14(6-5-11-16(15,2)3)20(19)13-9-7-12(17)8-10-13/h7-10,14-15,18H,4-6,11H2,1-3H3. The Kier molecular flexibility index (Phi) is 4.97. The fourth-order valence-electron chi connectivity index (χ4n) is 3.19. The lowest BCUT2D eigenvalue weighted by Crippen LogP contribution is -2.53. The van der Waals surface area contributed by atoms with Crippen molar-refractivity contribution in [2.75, 3.05) is 6.54 Å². The van der Waals surface area contributed by atoms with Crippen molar-refractivity contribution in [3.63, 3.8) is 0 Å². The summed E-state index contributed by atoms with van der Waals surface area (Å²) in [5.74, 6) is -0.280. The van der Waals surface area contributed by atoms with Crippen LogP contribution < -0.4 is 5.32 Å². The van der Waals surface area contributed by atoms with E-state index in [4.69, 9.17) is 0 Å². The first-order valence-electron chi connectivity index (χ1n) is 7.35. The highest BCUT2D eigenvalue weighted by molar-refractivity contribution is 7.85. The van der Waals surface area contributed by atoms with Crippen molar-refractivity contribution in [3.05, 3.63) is 30.1 Å². The molecular formula is C16H24FNOS. The van der Waals surface area contributed by atoms with Gasteiger partial charge < -0.3 is 5.32 Å². The van der Waals surface area contributed by atoms with Crippen LogP contribution in [0.3, 0.4) is 0 Å². The second-order valence-electron chi connectivity index (χ2n) is 6.21. The van der Waals surface area contributed by atoms with Gasteiger partial charge in [-0.05, 0) is 49.1 Å². The molecule has 2 rings (SSSR count). The molecule has 1 aromatic carbocycles. The Balaban J connectivity index is 2.24. The van der Waals surface area contributed by atoms with E-state index in [0.717, 1.165) is 30.7 Å². The van der Waals surface area contributed by atoms with Gasteiger partial charge in [-0.2, -0.15) is 0 Å². The molecule has 0 spiro atoms. The lowest BCUT2D eigenvalue weighted by atomic mass is 9.73. The van der Waals surface area contributed by atoms with Crippen molar-refractivity contribution >= 4 is 10.8 Å². The van der Waals surface area contributed by atoms with E-state index in [-0.39, 0.29) is 22.5 Å². The molecule has 1 aliphatic rings. The monoisotopic (exact) mass is 297 g/mol. The minimum Gasteiger partial charge on any atom is -0.313 e. The maximum Gasteiger partial charge on any atom is 0.123 e. The summed E-state index contributed by atoms with van der Waals surface area (Å²) in [7, 11) is -1.09. The molecule has 0 amide bonds. The quantitative estimate of drug-likeness (QED) is 0.921. The van der Waals surface area contributed by atoms with Crippen molar-refractivity contribution in [2.45, 2.75) is 56.2 Å². The normalized spacial score (nSPS) is 27.2. The summed E-state index contributed by atoms with van der Waals surface area (Å²) in [6.07, 6.45) is 3.22. The van der Waals surface area contributed by atoms with Crippen LogP contribution in [0.4, 0.5) is 4.39 Å². The highest BCUT2D eigenvalue weighted by Crippen LogP contribution is 2.38. The predicted octanol–water partition coefficient (Wildman–Crippen LogP) is 3.49. The van der Waals surface area contributed by atoms with Gasteiger partial charge in [0.25, 0.3) is 0 Å². The SMILES string of the molecule is CCNC1C(S(=O)c2ccc(F)cc2)CCCC1(C)C. The Labute approximate surface area is 123 Å². The fraction of sp³-hybridized carbons (Fsp3) is 0.625. The average Bonchev–Trinajstić information content (AvgIpc) is 2.41. The van der Waals surface area contributed by atoms with Crippen molar-refractivity contribution in [1.82, 2.24) is 5.32 Å². The molecule has 1 saturated carbocycles. The van der Waals surface area contributed by atoms with Crippen molar-refractivity contribution in [2.24, 2.45) is 5.41 Å². The Morgan fingerprint density at radius 2 is 2.00 bits per heavy atom. The van der Waals surface area contributed by atoms with Gasteiger partial charge in [-0.25, -0.2) is 4.39 Å².